The van der Waals surface area contributed by atoms with Crippen LogP contribution in [-0.4, -0.2) is 25.8 Å². The van der Waals surface area contributed by atoms with Crippen molar-refractivity contribution < 1.29 is 14.3 Å². The van der Waals surface area contributed by atoms with Crippen molar-refractivity contribution in [2.45, 2.75) is 6.61 Å². The first kappa shape index (κ1) is 24.8. The first-order valence-electron chi connectivity index (χ1n) is 10.8. The van der Waals surface area contributed by atoms with Gasteiger partial charge in [0.05, 0.1) is 23.4 Å². The molecule has 0 aliphatic heterocycles. The van der Waals surface area contributed by atoms with Crippen molar-refractivity contribution >= 4 is 62.8 Å². The number of carbonyl (C=O) groups is 1. The summed E-state index contributed by atoms with van der Waals surface area (Å²) in [5.74, 6) is 0.929. The van der Waals surface area contributed by atoms with Gasteiger partial charge >= 0.3 is 0 Å². The molecule has 0 aliphatic rings. The van der Waals surface area contributed by atoms with Crippen LogP contribution in [0.1, 0.15) is 11.1 Å². The zero-order valence-corrected chi connectivity index (χ0v) is 21.8. The van der Waals surface area contributed by atoms with Gasteiger partial charge in [0, 0.05) is 21.7 Å². The summed E-state index contributed by atoms with van der Waals surface area (Å²) in [6.45, 7) is 0.417. The van der Waals surface area contributed by atoms with Crippen LogP contribution >= 0.6 is 34.2 Å². The monoisotopic (exact) mass is 599 g/mol. The second-order valence-electron chi connectivity index (χ2n) is 7.59. The maximum atomic E-state index is 12.3. The lowest BCUT2D eigenvalue weighted by molar-refractivity contribution is -0.119. The predicted octanol–water partition coefficient (Wildman–Crippen LogP) is 6.25. The SMILES string of the molecule is COc1cc(/C=N\NC(=O)CNc2cccc3ccccc23)cc(I)c1OCc1ccccc1Cl. The molecule has 4 aromatic rings. The van der Waals surface area contributed by atoms with Crippen LogP contribution in [-0.2, 0) is 11.4 Å². The van der Waals surface area contributed by atoms with Gasteiger partial charge in [0.25, 0.3) is 5.91 Å². The fourth-order valence-corrected chi connectivity index (χ4v) is 4.46. The van der Waals surface area contributed by atoms with Crippen LogP contribution in [0.2, 0.25) is 5.02 Å². The standard InChI is InChI=1S/C27H23ClIN3O3/c1-34-25-14-18(13-23(29)27(25)35-17-20-8-3-5-11-22(20)28)15-31-32-26(33)16-30-24-12-6-9-19-7-2-4-10-21(19)24/h2-15,30H,16-17H2,1H3,(H,32,33)/b31-15-. The Morgan fingerprint density at radius 3 is 2.66 bits per heavy atom. The number of benzene rings is 4. The minimum absolute atomic E-state index is 0.0982. The topological polar surface area (TPSA) is 72.0 Å². The molecule has 0 atom stereocenters. The molecule has 8 heteroatoms. The molecule has 178 valence electrons. The number of amides is 1. The van der Waals surface area contributed by atoms with E-state index in [2.05, 4.69) is 38.4 Å². The number of halogens is 2. The number of hydrogen-bond donors (Lipinski definition) is 2. The molecule has 0 radical (unpaired) electrons. The molecule has 0 aromatic heterocycles. The van der Waals surface area contributed by atoms with E-state index in [4.69, 9.17) is 21.1 Å². The molecule has 35 heavy (non-hydrogen) atoms. The number of methoxy groups -OCH3 is 1. The molecule has 2 N–H and O–H groups in total. The van der Waals surface area contributed by atoms with Crippen LogP contribution in [0.3, 0.4) is 0 Å². The molecular formula is C27H23ClIN3O3. The van der Waals surface area contributed by atoms with Gasteiger partial charge in [-0.2, -0.15) is 5.10 Å². The van der Waals surface area contributed by atoms with Gasteiger partial charge in [-0.1, -0.05) is 66.2 Å². The normalized spacial score (nSPS) is 10.9. The minimum atomic E-state index is -0.254. The number of nitrogens with one attached hydrogen (secondary N) is 2. The third-order valence-electron chi connectivity index (χ3n) is 5.21. The van der Waals surface area contributed by atoms with E-state index in [1.54, 1.807) is 19.4 Å². The van der Waals surface area contributed by atoms with Gasteiger partial charge in [-0.25, -0.2) is 5.43 Å². The van der Waals surface area contributed by atoms with Crippen LogP contribution in [0.4, 0.5) is 5.69 Å². The van der Waals surface area contributed by atoms with Crippen LogP contribution in [0.5, 0.6) is 11.5 Å². The molecule has 0 aliphatic carbocycles. The Morgan fingerprint density at radius 1 is 1.06 bits per heavy atom. The highest BCUT2D eigenvalue weighted by Gasteiger charge is 2.12. The second kappa shape index (κ2) is 11.9. The van der Waals surface area contributed by atoms with Gasteiger partial charge in [0.2, 0.25) is 0 Å². The quantitative estimate of drug-likeness (QED) is 0.136. The van der Waals surface area contributed by atoms with Crippen LogP contribution in [0.25, 0.3) is 10.8 Å². The molecule has 0 saturated heterocycles. The summed E-state index contributed by atoms with van der Waals surface area (Å²) in [6.07, 6.45) is 1.57. The highest BCUT2D eigenvalue weighted by Crippen LogP contribution is 2.34. The third-order valence-corrected chi connectivity index (χ3v) is 6.38. The molecule has 6 nitrogen and oxygen atoms in total. The largest absolute Gasteiger partial charge is 0.493 e. The van der Waals surface area contributed by atoms with E-state index in [1.165, 1.54) is 0 Å². The maximum Gasteiger partial charge on any atom is 0.259 e. The molecule has 4 rings (SSSR count). The Hall–Kier alpha value is -3.30. The van der Waals surface area contributed by atoms with Crippen LogP contribution in [0.15, 0.2) is 84.0 Å². The minimum Gasteiger partial charge on any atom is -0.493 e. The summed E-state index contributed by atoms with van der Waals surface area (Å²) < 4.78 is 12.3. The number of hydrogen-bond acceptors (Lipinski definition) is 5. The number of ether oxygens (including phenoxy) is 2. The summed E-state index contributed by atoms with van der Waals surface area (Å²) in [7, 11) is 1.58. The molecule has 0 heterocycles. The lowest BCUT2D eigenvalue weighted by atomic mass is 10.1. The number of fused-ring (bicyclic) bond motifs is 1. The summed E-state index contributed by atoms with van der Waals surface area (Å²) in [6, 6.07) is 25.2. The third kappa shape index (κ3) is 6.43. The number of hydrazone groups is 1. The zero-order valence-electron chi connectivity index (χ0n) is 18.9. The van der Waals surface area contributed by atoms with Crippen molar-refractivity contribution in [2.24, 2.45) is 5.10 Å². The molecule has 0 unspecified atom stereocenters. The Bertz CT molecular complexity index is 1370. The summed E-state index contributed by atoms with van der Waals surface area (Å²) >= 11 is 8.41. The van der Waals surface area contributed by atoms with E-state index in [0.29, 0.717) is 23.1 Å². The first-order valence-corrected chi connectivity index (χ1v) is 12.3. The van der Waals surface area contributed by atoms with Crippen LogP contribution in [0, 0.1) is 3.57 Å². The average Bonchev–Trinajstić information content (AvgIpc) is 2.87. The second-order valence-corrected chi connectivity index (χ2v) is 9.16. The molecule has 0 fully saturated rings. The van der Waals surface area contributed by atoms with Gasteiger partial charge in [0.15, 0.2) is 11.5 Å². The molecular weight excluding hydrogens is 577 g/mol. The van der Waals surface area contributed by atoms with Crippen molar-refractivity contribution in [1.29, 1.82) is 0 Å². The van der Waals surface area contributed by atoms with Crippen molar-refractivity contribution in [1.82, 2.24) is 5.43 Å². The first-order chi connectivity index (χ1) is 17.0. The van der Waals surface area contributed by atoms with Crippen molar-refractivity contribution in [3.63, 3.8) is 0 Å². The highest BCUT2D eigenvalue weighted by atomic mass is 127. The van der Waals surface area contributed by atoms with Crippen molar-refractivity contribution in [3.05, 3.63) is 98.6 Å². The van der Waals surface area contributed by atoms with E-state index >= 15 is 0 Å². The fourth-order valence-electron chi connectivity index (χ4n) is 3.49. The average molecular weight is 600 g/mol. The number of rotatable bonds is 9. The fraction of sp³-hybridized carbons (Fsp3) is 0.111. The Kier molecular flexibility index (Phi) is 8.44. The van der Waals surface area contributed by atoms with Crippen molar-refractivity contribution in [2.75, 3.05) is 19.0 Å². The Balaban J connectivity index is 1.36. The number of carbonyl (C=O) groups excluding carboxylic acids is 1. The number of nitrogens with zero attached hydrogens (tertiary/aromatic N) is 1. The molecule has 0 spiro atoms. The van der Waals surface area contributed by atoms with Gasteiger partial charge in [-0.05, 0) is 57.8 Å². The lowest BCUT2D eigenvalue weighted by Crippen LogP contribution is -2.25. The molecule has 0 saturated carbocycles. The molecule has 1 amide bonds. The molecule has 4 aromatic carbocycles. The van der Waals surface area contributed by atoms with E-state index < -0.39 is 0 Å². The van der Waals surface area contributed by atoms with Gasteiger partial charge in [0.1, 0.15) is 6.61 Å². The lowest BCUT2D eigenvalue weighted by Gasteiger charge is -2.14. The van der Waals surface area contributed by atoms with E-state index in [9.17, 15) is 4.79 Å². The summed E-state index contributed by atoms with van der Waals surface area (Å²) in [4.78, 5) is 12.3. The van der Waals surface area contributed by atoms with E-state index in [0.717, 1.165) is 31.2 Å². The van der Waals surface area contributed by atoms with E-state index in [1.807, 2.05) is 72.8 Å². The summed E-state index contributed by atoms with van der Waals surface area (Å²) in [5.41, 5.74) is 5.10. The molecule has 0 bridgehead atoms. The maximum absolute atomic E-state index is 12.3. The van der Waals surface area contributed by atoms with Crippen molar-refractivity contribution in [3.8, 4) is 11.5 Å². The summed E-state index contributed by atoms with van der Waals surface area (Å²) in [5, 5.41) is 10.1. The van der Waals surface area contributed by atoms with E-state index in [-0.39, 0.29) is 12.5 Å². The Morgan fingerprint density at radius 2 is 1.83 bits per heavy atom. The van der Waals surface area contributed by atoms with Crippen LogP contribution < -0.4 is 20.2 Å². The smallest absolute Gasteiger partial charge is 0.259 e. The van der Waals surface area contributed by atoms with Gasteiger partial charge in [-0.15, -0.1) is 0 Å². The number of anilines is 1. The highest BCUT2D eigenvalue weighted by molar-refractivity contribution is 14.1. The zero-order chi connectivity index (χ0) is 24.6. The van der Waals surface area contributed by atoms with Gasteiger partial charge < -0.3 is 14.8 Å². The Labute approximate surface area is 222 Å². The van der Waals surface area contributed by atoms with Gasteiger partial charge in [-0.3, -0.25) is 4.79 Å². The predicted molar refractivity (Wildman–Crippen MR) is 150 cm³/mol.